The van der Waals surface area contributed by atoms with Gasteiger partial charge in [-0.05, 0) is 42.8 Å². The van der Waals surface area contributed by atoms with E-state index < -0.39 is 0 Å². The largest absolute Gasteiger partial charge is 0.497 e. The molecular formula is C22H20N4O2. The van der Waals surface area contributed by atoms with Crippen molar-refractivity contribution in [2.45, 2.75) is 13.5 Å². The number of benzene rings is 3. The molecule has 1 amide bonds. The van der Waals surface area contributed by atoms with Crippen molar-refractivity contribution in [1.29, 1.82) is 0 Å². The fraction of sp³-hybridized carbons (Fsp3) is 0.136. The molecule has 0 aliphatic rings. The number of hydrogen-bond acceptors (Lipinski definition) is 4. The lowest BCUT2D eigenvalue weighted by molar-refractivity contribution is 0.102. The van der Waals surface area contributed by atoms with Gasteiger partial charge in [-0.3, -0.25) is 4.79 Å². The number of nitrogens with zero attached hydrogens (tertiary/aromatic N) is 3. The van der Waals surface area contributed by atoms with E-state index in [-0.39, 0.29) is 5.91 Å². The molecule has 0 saturated heterocycles. The standard InChI is InChI=1S/C22H20N4O2/c1-15-6-8-16(9-7-15)14-26-21-11-10-17(12-20(21)24-25-26)22(27)23-18-4-3-5-19(13-18)28-2/h3-13H,14H2,1-2H3,(H,23,27). The Balaban J connectivity index is 1.54. The molecular weight excluding hydrogens is 352 g/mol. The molecule has 28 heavy (non-hydrogen) atoms. The lowest BCUT2D eigenvalue weighted by Gasteiger charge is -2.07. The maximum absolute atomic E-state index is 12.6. The minimum absolute atomic E-state index is 0.205. The summed E-state index contributed by atoms with van der Waals surface area (Å²) in [7, 11) is 1.59. The van der Waals surface area contributed by atoms with Crippen LogP contribution in [0.5, 0.6) is 5.75 Å². The Morgan fingerprint density at radius 2 is 1.89 bits per heavy atom. The highest BCUT2D eigenvalue weighted by Gasteiger charge is 2.11. The second kappa shape index (κ2) is 7.52. The molecule has 1 aromatic heterocycles. The van der Waals surface area contributed by atoms with Crippen molar-refractivity contribution in [2.24, 2.45) is 0 Å². The average Bonchev–Trinajstić information content (AvgIpc) is 3.12. The number of anilines is 1. The summed E-state index contributed by atoms with van der Waals surface area (Å²) in [6, 6.07) is 21.0. The zero-order valence-corrected chi connectivity index (χ0v) is 15.7. The summed E-state index contributed by atoms with van der Waals surface area (Å²) in [4.78, 5) is 12.6. The maximum Gasteiger partial charge on any atom is 0.255 e. The molecule has 0 aliphatic heterocycles. The van der Waals surface area contributed by atoms with Crippen LogP contribution in [0, 0.1) is 6.92 Å². The Morgan fingerprint density at radius 1 is 1.07 bits per heavy atom. The molecule has 0 fully saturated rings. The SMILES string of the molecule is COc1cccc(NC(=O)c2ccc3c(c2)nnn3Cc2ccc(C)cc2)c1. The summed E-state index contributed by atoms with van der Waals surface area (Å²) < 4.78 is 7.02. The second-order valence-electron chi connectivity index (χ2n) is 6.62. The Kier molecular flexibility index (Phi) is 4.76. The summed E-state index contributed by atoms with van der Waals surface area (Å²) in [5.74, 6) is 0.482. The van der Waals surface area contributed by atoms with Gasteiger partial charge in [0.1, 0.15) is 11.3 Å². The van der Waals surface area contributed by atoms with Crippen molar-refractivity contribution < 1.29 is 9.53 Å². The third-order valence-electron chi connectivity index (χ3n) is 4.56. The molecule has 0 bridgehead atoms. The summed E-state index contributed by atoms with van der Waals surface area (Å²) in [5.41, 5.74) is 5.14. The topological polar surface area (TPSA) is 69.0 Å². The Bertz CT molecular complexity index is 1130. The summed E-state index contributed by atoms with van der Waals surface area (Å²) in [6.07, 6.45) is 0. The van der Waals surface area contributed by atoms with Crippen molar-refractivity contribution in [3.05, 3.63) is 83.4 Å². The molecule has 6 nitrogen and oxygen atoms in total. The minimum atomic E-state index is -0.205. The van der Waals surface area contributed by atoms with Crippen molar-refractivity contribution in [1.82, 2.24) is 15.0 Å². The number of amides is 1. The minimum Gasteiger partial charge on any atom is -0.497 e. The van der Waals surface area contributed by atoms with E-state index in [1.54, 1.807) is 25.3 Å². The van der Waals surface area contributed by atoms with E-state index in [4.69, 9.17) is 4.74 Å². The van der Waals surface area contributed by atoms with E-state index >= 15 is 0 Å². The van der Waals surface area contributed by atoms with Gasteiger partial charge in [0, 0.05) is 17.3 Å². The van der Waals surface area contributed by atoms with Gasteiger partial charge in [-0.25, -0.2) is 4.68 Å². The molecule has 0 saturated carbocycles. The molecule has 0 spiro atoms. The smallest absolute Gasteiger partial charge is 0.255 e. The van der Waals surface area contributed by atoms with Gasteiger partial charge in [0.05, 0.1) is 19.2 Å². The number of carbonyl (C=O) groups excluding carboxylic acids is 1. The van der Waals surface area contributed by atoms with Gasteiger partial charge < -0.3 is 10.1 Å². The maximum atomic E-state index is 12.6. The number of fused-ring (bicyclic) bond motifs is 1. The lowest BCUT2D eigenvalue weighted by atomic mass is 10.1. The predicted octanol–water partition coefficient (Wildman–Crippen LogP) is 4.05. The van der Waals surface area contributed by atoms with Crippen LogP contribution >= 0.6 is 0 Å². The van der Waals surface area contributed by atoms with E-state index in [9.17, 15) is 4.79 Å². The fourth-order valence-corrected chi connectivity index (χ4v) is 3.00. The Morgan fingerprint density at radius 3 is 2.68 bits per heavy atom. The van der Waals surface area contributed by atoms with E-state index in [0.717, 1.165) is 11.1 Å². The van der Waals surface area contributed by atoms with Crippen LogP contribution in [0.3, 0.4) is 0 Å². The molecule has 0 aliphatic carbocycles. The van der Waals surface area contributed by atoms with Gasteiger partial charge in [0.15, 0.2) is 0 Å². The highest BCUT2D eigenvalue weighted by molar-refractivity contribution is 6.05. The van der Waals surface area contributed by atoms with Crippen LogP contribution in [0.2, 0.25) is 0 Å². The van der Waals surface area contributed by atoms with Crippen LogP contribution in [-0.4, -0.2) is 28.0 Å². The molecule has 140 valence electrons. The van der Waals surface area contributed by atoms with Gasteiger partial charge >= 0.3 is 0 Å². The van der Waals surface area contributed by atoms with E-state index in [2.05, 4.69) is 46.8 Å². The van der Waals surface area contributed by atoms with E-state index in [1.165, 1.54) is 5.56 Å². The number of carbonyl (C=O) groups is 1. The average molecular weight is 372 g/mol. The van der Waals surface area contributed by atoms with Gasteiger partial charge in [-0.2, -0.15) is 0 Å². The number of hydrogen-bond donors (Lipinski definition) is 1. The normalized spacial score (nSPS) is 10.8. The van der Waals surface area contributed by atoms with Crippen LogP contribution in [0.15, 0.2) is 66.7 Å². The zero-order valence-electron chi connectivity index (χ0n) is 15.7. The van der Waals surface area contributed by atoms with Crippen LogP contribution in [-0.2, 0) is 6.54 Å². The van der Waals surface area contributed by atoms with Crippen molar-refractivity contribution in [3.63, 3.8) is 0 Å². The Hall–Kier alpha value is -3.67. The van der Waals surface area contributed by atoms with Gasteiger partial charge in [0.25, 0.3) is 5.91 Å². The molecule has 4 aromatic rings. The third kappa shape index (κ3) is 3.71. The second-order valence-corrected chi connectivity index (χ2v) is 6.62. The zero-order chi connectivity index (χ0) is 19.5. The Labute approximate surface area is 162 Å². The quantitative estimate of drug-likeness (QED) is 0.574. The van der Waals surface area contributed by atoms with E-state index in [0.29, 0.717) is 29.1 Å². The first-order chi connectivity index (χ1) is 13.6. The van der Waals surface area contributed by atoms with Crippen molar-refractivity contribution >= 4 is 22.6 Å². The molecule has 1 N–H and O–H groups in total. The molecule has 1 heterocycles. The van der Waals surface area contributed by atoms with Gasteiger partial charge in [-0.15, -0.1) is 5.10 Å². The number of rotatable bonds is 5. The predicted molar refractivity (Wildman–Crippen MR) is 109 cm³/mol. The lowest BCUT2D eigenvalue weighted by Crippen LogP contribution is -2.11. The van der Waals surface area contributed by atoms with Gasteiger partial charge in [0.2, 0.25) is 0 Å². The first kappa shape index (κ1) is 17.7. The molecule has 4 rings (SSSR count). The molecule has 3 aromatic carbocycles. The summed E-state index contributed by atoms with van der Waals surface area (Å²) in [5, 5.41) is 11.3. The molecule has 0 atom stereocenters. The molecule has 0 unspecified atom stereocenters. The van der Waals surface area contributed by atoms with Crippen molar-refractivity contribution in [2.75, 3.05) is 12.4 Å². The number of methoxy groups -OCH3 is 1. The summed E-state index contributed by atoms with van der Waals surface area (Å²) >= 11 is 0. The fourth-order valence-electron chi connectivity index (χ4n) is 3.00. The molecule has 6 heteroatoms. The van der Waals surface area contributed by atoms with Crippen LogP contribution in [0.25, 0.3) is 11.0 Å². The number of ether oxygens (including phenoxy) is 1. The molecule has 0 radical (unpaired) electrons. The highest BCUT2D eigenvalue weighted by atomic mass is 16.5. The van der Waals surface area contributed by atoms with Crippen LogP contribution < -0.4 is 10.1 Å². The van der Waals surface area contributed by atoms with Crippen LogP contribution in [0.4, 0.5) is 5.69 Å². The third-order valence-corrected chi connectivity index (χ3v) is 4.56. The first-order valence-electron chi connectivity index (χ1n) is 8.96. The van der Waals surface area contributed by atoms with Gasteiger partial charge in [-0.1, -0.05) is 41.1 Å². The number of aromatic nitrogens is 3. The highest BCUT2D eigenvalue weighted by Crippen LogP contribution is 2.19. The summed E-state index contributed by atoms with van der Waals surface area (Å²) in [6.45, 7) is 2.69. The number of nitrogens with one attached hydrogen (secondary N) is 1. The van der Waals surface area contributed by atoms with Crippen LogP contribution in [0.1, 0.15) is 21.5 Å². The van der Waals surface area contributed by atoms with E-state index in [1.807, 2.05) is 28.9 Å². The first-order valence-corrected chi connectivity index (χ1v) is 8.96. The monoisotopic (exact) mass is 372 g/mol. The van der Waals surface area contributed by atoms with Crippen molar-refractivity contribution in [3.8, 4) is 5.75 Å². The number of aryl methyl sites for hydroxylation is 1.